The van der Waals surface area contributed by atoms with E-state index in [1.165, 1.54) is 12.1 Å². The molecule has 1 aliphatic heterocycles. The number of rotatable bonds is 12. The van der Waals surface area contributed by atoms with Gasteiger partial charge in [-0.3, -0.25) is 13.9 Å². The molecule has 0 spiro atoms. The van der Waals surface area contributed by atoms with Crippen molar-refractivity contribution in [2.75, 3.05) is 17.2 Å². The van der Waals surface area contributed by atoms with Crippen LogP contribution < -0.4 is 4.90 Å². The van der Waals surface area contributed by atoms with Crippen LogP contribution in [0.5, 0.6) is 0 Å². The number of nitrogens with zero attached hydrogens (tertiary/aromatic N) is 1. The van der Waals surface area contributed by atoms with Gasteiger partial charge in [-0.15, -0.1) is 0 Å². The maximum absolute atomic E-state index is 11.7. The summed E-state index contributed by atoms with van der Waals surface area (Å²) in [6.07, 6.45) is 3.59. The molecular weight excluding hydrogens is 446 g/mol. The number of carbonyl (C=O) groups is 1. The molecule has 1 aromatic rings. The van der Waals surface area contributed by atoms with Gasteiger partial charge in [-0.25, -0.2) is 0 Å². The molecule has 0 bridgehead atoms. The molecule has 0 fully saturated rings. The lowest BCUT2D eigenvalue weighted by Gasteiger charge is -2.34. The molecule has 0 amide bonds. The van der Waals surface area contributed by atoms with Gasteiger partial charge in [0.1, 0.15) is 0 Å². The maximum atomic E-state index is 11.7. The van der Waals surface area contributed by atoms with Crippen molar-refractivity contribution >= 4 is 31.9 Å². The smallest absolute Gasteiger partial charge is 0.303 e. The van der Waals surface area contributed by atoms with Crippen molar-refractivity contribution in [3.8, 4) is 0 Å². The van der Waals surface area contributed by atoms with Crippen LogP contribution in [-0.2, 0) is 30.4 Å². The number of hydrogen-bond acceptors (Lipinski definition) is 6. The van der Waals surface area contributed by atoms with E-state index >= 15 is 0 Å². The molecule has 0 radical (unpaired) electrons. The lowest BCUT2D eigenvalue weighted by atomic mass is 9.75. The van der Waals surface area contributed by atoms with Crippen LogP contribution in [-0.4, -0.2) is 55.4 Å². The highest BCUT2D eigenvalue weighted by molar-refractivity contribution is 7.86. The van der Waals surface area contributed by atoms with Crippen molar-refractivity contribution < 1.29 is 35.8 Å². The van der Waals surface area contributed by atoms with Gasteiger partial charge >= 0.3 is 5.97 Å². The van der Waals surface area contributed by atoms with E-state index in [1.54, 1.807) is 6.07 Å². The first-order valence-corrected chi connectivity index (χ1v) is 13.4. The SMILES string of the molecule is CC1N(CCCCCC(=O)O)c2ccc(S(=O)(=O)O)cc2C1(C)CCCCS(=O)(=O)O. The van der Waals surface area contributed by atoms with E-state index in [4.69, 9.17) is 9.66 Å². The molecule has 31 heavy (non-hydrogen) atoms. The lowest BCUT2D eigenvalue weighted by molar-refractivity contribution is -0.137. The van der Waals surface area contributed by atoms with E-state index in [-0.39, 0.29) is 29.5 Å². The van der Waals surface area contributed by atoms with Crippen molar-refractivity contribution in [3.05, 3.63) is 23.8 Å². The molecule has 1 aliphatic rings. The Labute approximate surface area is 184 Å². The Bertz CT molecular complexity index is 1010. The fraction of sp³-hybridized carbons (Fsp3) is 0.650. The molecule has 9 nitrogen and oxygen atoms in total. The predicted molar refractivity (Wildman–Crippen MR) is 117 cm³/mol. The molecule has 176 valence electrons. The zero-order valence-electron chi connectivity index (χ0n) is 17.8. The van der Waals surface area contributed by atoms with E-state index in [9.17, 15) is 26.2 Å². The first-order valence-electron chi connectivity index (χ1n) is 10.3. The number of aliphatic carboxylic acids is 1. The second-order valence-corrected chi connectivity index (χ2v) is 11.4. The Morgan fingerprint density at radius 2 is 1.74 bits per heavy atom. The van der Waals surface area contributed by atoms with Gasteiger partial charge in [0.25, 0.3) is 20.2 Å². The number of benzene rings is 1. The molecule has 1 aromatic carbocycles. The third-order valence-electron chi connectivity index (χ3n) is 6.22. The van der Waals surface area contributed by atoms with Crippen molar-refractivity contribution in [2.24, 2.45) is 0 Å². The fourth-order valence-corrected chi connectivity index (χ4v) is 5.41. The van der Waals surface area contributed by atoms with Gasteiger partial charge in [0, 0.05) is 30.1 Å². The highest BCUT2D eigenvalue weighted by Crippen LogP contribution is 2.48. The van der Waals surface area contributed by atoms with E-state index in [0.717, 1.165) is 24.1 Å². The number of anilines is 1. The molecule has 2 atom stereocenters. The summed E-state index contributed by atoms with van der Waals surface area (Å²) in [6, 6.07) is 4.50. The average Bonchev–Trinajstić information content (AvgIpc) is 2.85. The summed E-state index contributed by atoms with van der Waals surface area (Å²) in [6.45, 7) is 4.68. The van der Waals surface area contributed by atoms with Crippen molar-refractivity contribution in [3.63, 3.8) is 0 Å². The number of fused-ring (bicyclic) bond motifs is 1. The minimum atomic E-state index is -4.37. The van der Waals surface area contributed by atoms with Crippen LogP contribution in [0.25, 0.3) is 0 Å². The highest BCUT2D eigenvalue weighted by atomic mass is 32.2. The first-order chi connectivity index (χ1) is 14.3. The summed E-state index contributed by atoms with van der Waals surface area (Å²) in [7, 11) is -8.41. The van der Waals surface area contributed by atoms with Crippen LogP contribution in [0.2, 0.25) is 0 Å². The average molecular weight is 478 g/mol. The summed E-state index contributed by atoms with van der Waals surface area (Å²) in [5, 5.41) is 8.78. The number of hydrogen-bond donors (Lipinski definition) is 3. The zero-order valence-corrected chi connectivity index (χ0v) is 19.5. The van der Waals surface area contributed by atoms with Gasteiger partial charge in [0.2, 0.25) is 0 Å². The van der Waals surface area contributed by atoms with E-state index in [0.29, 0.717) is 25.8 Å². The molecule has 11 heteroatoms. The Kier molecular flexibility index (Phi) is 8.12. The van der Waals surface area contributed by atoms with Crippen LogP contribution >= 0.6 is 0 Å². The predicted octanol–water partition coefficient (Wildman–Crippen LogP) is 3.10. The maximum Gasteiger partial charge on any atom is 0.303 e. The lowest BCUT2D eigenvalue weighted by Crippen LogP contribution is -2.41. The van der Waals surface area contributed by atoms with Gasteiger partial charge < -0.3 is 10.0 Å². The molecular formula is C20H31NO8S2. The monoisotopic (exact) mass is 477 g/mol. The molecule has 0 aliphatic carbocycles. The van der Waals surface area contributed by atoms with Gasteiger partial charge in [0.05, 0.1) is 10.6 Å². The summed E-state index contributed by atoms with van der Waals surface area (Å²) in [5.41, 5.74) is 1.14. The third-order valence-corrected chi connectivity index (χ3v) is 7.87. The Morgan fingerprint density at radius 3 is 2.32 bits per heavy atom. The third kappa shape index (κ3) is 6.64. The van der Waals surface area contributed by atoms with Crippen molar-refractivity contribution in [2.45, 2.75) is 75.1 Å². The Balaban J connectivity index is 2.24. The summed E-state index contributed by atoms with van der Waals surface area (Å²) in [4.78, 5) is 12.7. The van der Waals surface area contributed by atoms with Gasteiger partial charge in [-0.05, 0) is 56.4 Å². The number of unbranched alkanes of at least 4 members (excludes halogenated alkanes) is 3. The van der Waals surface area contributed by atoms with Crippen LogP contribution in [0.4, 0.5) is 5.69 Å². The minimum Gasteiger partial charge on any atom is -0.481 e. The summed E-state index contributed by atoms with van der Waals surface area (Å²) < 4.78 is 63.8. The second-order valence-electron chi connectivity index (χ2n) is 8.39. The summed E-state index contributed by atoms with van der Waals surface area (Å²) in [5.74, 6) is -1.15. The van der Waals surface area contributed by atoms with Gasteiger partial charge in [-0.2, -0.15) is 16.8 Å². The summed E-state index contributed by atoms with van der Waals surface area (Å²) >= 11 is 0. The topological polar surface area (TPSA) is 149 Å². The van der Waals surface area contributed by atoms with E-state index < -0.39 is 31.6 Å². The van der Waals surface area contributed by atoms with Gasteiger partial charge in [0.15, 0.2) is 0 Å². The Hall–Kier alpha value is -1.69. The molecule has 0 saturated carbocycles. The van der Waals surface area contributed by atoms with Crippen LogP contribution in [0.15, 0.2) is 23.1 Å². The fourth-order valence-electron chi connectivity index (χ4n) is 4.33. The molecule has 0 saturated heterocycles. The van der Waals surface area contributed by atoms with Gasteiger partial charge in [-0.1, -0.05) is 19.8 Å². The van der Waals surface area contributed by atoms with E-state index in [1.807, 2.05) is 13.8 Å². The normalized spacial score (nSPS) is 21.3. The molecule has 2 unspecified atom stereocenters. The molecule has 2 rings (SSSR count). The molecule has 1 heterocycles. The van der Waals surface area contributed by atoms with Crippen molar-refractivity contribution in [1.82, 2.24) is 0 Å². The van der Waals surface area contributed by atoms with E-state index in [2.05, 4.69) is 4.90 Å². The standard InChI is InChI=1S/C20H31NO8S2/c1-15-20(2,11-5-7-13-30(24,25)26)17-14-16(31(27,28)29)9-10-18(17)21(15)12-6-3-4-8-19(22)23/h9-10,14-15H,3-8,11-13H2,1-2H3,(H,22,23)(H,24,25,26)(H,27,28,29). The van der Waals surface area contributed by atoms with Crippen LogP contribution in [0.3, 0.4) is 0 Å². The largest absolute Gasteiger partial charge is 0.481 e. The van der Waals surface area contributed by atoms with Crippen molar-refractivity contribution in [1.29, 1.82) is 0 Å². The van der Waals surface area contributed by atoms with Crippen LogP contribution in [0, 0.1) is 0 Å². The molecule has 0 aromatic heterocycles. The minimum absolute atomic E-state index is 0.0237. The number of carboxylic acid groups (broad SMARTS) is 1. The Morgan fingerprint density at radius 1 is 1.06 bits per heavy atom. The second kappa shape index (κ2) is 9.85. The number of carboxylic acids is 1. The molecule has 3 N–H and O–H groups in total. The van der Waals surface area contributed by atoms with Crippen LogP contribution in [0.1, 0.15) is 64.4 Å². The quantitative estimate of drug-likeness (QED) is 0.305. The zero-order chi connectivity index (χ0) is 23.4. The first kappa shape index (κ1) is 25.6. The highest BCUT2D eigenvalue weighted by Gasteiger charge is 2.45.